The maximum atomic E-state index is 13.4. The van der Waals surface area contributed by atoms with Crippen molar-refractivity contribution in [2.24, 2.45) is 5.92 Å². The van der Waals surface area contributed by atoms with Gasteiger partial charge in [-0.3, -0.25) is 4.79 Å². The summed E-state index contributed by atoms with van der Waals surface area (Å²) in [7, 11) is 0. The molecule has 1 aromatic carbocycles. The van der Waals surface area contributed by atoms with Gasteiger partial charge in [-0.05, 0) is 43.5 Å². The van der Waals surface area contributed by atoms with Crippen molar-refractivity contribution >= 4 is 18.0 Å². The van der Waals surface area contributed by atoms with E-state index < -0.39 is 11.8 Å². The quantitative estimate of drug-likeness (QED) is 0.612. The Bertz CT molecular complexity index is 719. The Labute approximate surface area is 141 Å². The Hall–Kier alpha value is -2.43. The molecule has 1 amide bonds. The van der Waals surface area contributed by atoms with Gasteiger partial charge in [0.05, 0.1) is 17.8 Å². The van der Waals surface area contributed by atoms with E-state index in [1.807, 2.05) is 13.8 Å². The molecule has 0 N–H and O–H groups in total. The van der Waals surface area contributed by atoms with Crippen LogP contribution < -0.4 is 0 Å². The Morgan fingerprint density at radius 1 is 1.38 bits per heavy atom. The minimum atomic E-state index is -0.530. The van der Waals surface area contributed by atoms with Gasteiger partial charge in [-0.15, -0.1) is 0 Å². The first kappa shape index (κ1) is 17.9. The van der Waals surface area contributed by atoms with E-state index in [1.54, 1.807) is 37.0 Å². The molecule has 1 heterocycles. The van der Waals surface area contributed by atoms with Crippen LogP contribution in [0, 0.1) is 11.7 Å². The number of hydrogen-bond donors (Lipinski definition) is 0. The summed E-state index contributed by atoms with van der Waals surface area (Å²) >= 11 is 0. The van der Waals surface area contributed by atoms with E-state index in [4.69, 9.17) is 4.74 Å². The van der Waals surface area contributed by atoms with Gasteiger partial charge in [0.15, 0.2) is 0 Å². The van der Waals surface area contributed by atoms with E-state index in [-0.39, 0.29) is 29.6 Å². The first-order valence-corrected chi connectivity index (χ1v) is 8.02. The molecule has 0 aromatic heterocycles. The number of amides is 1. The highest BCUT2D eigenvalue weighted by Gasteiger charge is 2.37. The van der Waals surface area contributed by atoms with Gasteiger partial charge >= 0.3 is 5.97 Å². The number of nitrogens with zero attached hydrogens (tertiary/aromatic N) is 1. The molecule has 24 heavy (non-hydrogen) atoms. The van der Waals surface area contributed by atoms with E-state index in [0.29, 0.717) is 17.8 Å². The monoisotopic (exact) mass is 331 g/mol. The number of hydrogen-bond acceptors (Lipinski definition) is 3. The predicted octanol–water partition coefficient (Wildman–Crippen LogP) is 3.54. The van der Waals surface area contributed by atoms with Crippen LogP contribution >= 0.6 is 0 Å². The third-order valence-electron chi connectivity index (χ3n) is 3.70. The van der Waals surface area contributed by atoms with Gasteiger partial charge in [0.2, 0.25) is 0 Å². The molecule has 0 radical (unpaired) electrons. The molecule has 0 unspecified atom stereocenters. The molecule has 0 atom stereocenters. The molecule has 2 rings (SSSR count). The zero-order valence-electron chi connectivity index (χ0n) is 14.4. The Morgan fingerprint density at radius 3 is 2.67 bits per heavy atom. The van der Waals surface area contributed by atoms with Gasteiger partial charge in [-0.25, -0.2) is 9.18 Å². The van der Waals surface area contributed by atoms with E-state index in [2.05, 4.69) is 0 Å². The summed E-state index contributed by atoms with van der Waals surface area (Å²) in [6.07, 6.45) is 1.54. The SMILES string of the molecule is CCOC(=O)C1=C(C)N(CC(C)C)C(=O)/C1=C\c1cccc(F)c1. The molecule has 0 saturated carbocycles. The number of carbonyl (C=O) groups excluding carboxylic acids is 2. The lowest BCUT2D eigenvalue weighted by molar-refractivity contribution is -0.138. The number of rotatable bonds is 5. The lowest BCUT2D eigenvalue weighted by Crippen LogP contribution is -2.28. The van der Waals surface area contributed by atoms with Crippen molar-refractivity contribution in [3.8, 4) is 0 Å². The Balaban J connectivity index is 2.51. The van der Waals surface area contributed by atoms with Crippen molar-refractivity contribution in [3.05, 3.63) is 52.5 Å². The van der Waals surface area contributed by atoms with Gasteiger partial charge < -0.3 is 9.64 Å². The molecule has 1 aromatic rings. The van der Waals surface area contributed by atoms with Crippen LogP contribution in [0.4, 0.5) is 4.39 Å². The lowest BCUT2D eigenvalue weighted by atomic mass is 10.0. The number of allylic oxidation sites excluding steroid dienone is 1. The van der Waals surface area contributed by atoms with Crippen molar-refractivity contribution < 1.29 is 18.7 Å². The summed E-state index contributed by atoms with van der Waals surface area (Å²) < 4.78 is 18.5. The second kappa shape index (κ2) is 7.43. The third-order valence-corrected chi connectivity index (χ3v) is 3.70. The average molecular weight is 331 g/mol. The fraction of sp³-hybridized carbons (Fsp3) is 0.368. The normalized spacial score (nSPS) is 16.5. The van der Waals surface area contributed by atoms with Crippen molar-refractivity contribution in [1.82, 2.24) is 4.90 Å². The van der Waals surface area contributed by atoms with Gasteiger partial charge in [0.1, 0.15) is 5.82 Å². The molecule has 0 fully saturated rings. The molecule has 1 aliphatic heterocycles. The zero-order chi connectivity index (χ0) is 17.9. The van der Waals surface area contributed by atoms with E-state index in [1.165, 1.54) is 12.1 Å². The van der Waals surface area contributed by atoms with Gasteiger partial charge in [-0.1, -0.05) is 26.0 Å². The molecule has 0 bridgehead atoms. The summed E-state index contributed by atoms with van der Waals surface area (Å²) in [6, 6.07) is 5.90. The van der Waals surface area contributed by atoms with E-state index in [9.17, 15) is 14.0 Å². The number of benzene rings is 1. The highest BCUT2D eigenvalue weighted by atomic mass is 19.1. The maximum Gasteiger partial charge on any atom is 0.340 e. The van der Waals surface area contributed by atoms with Crippen LogP contribution in [0.2, 0.25) is 0 Å². The van der Waals surface area contributed by atoms with Gasteiger partial charge in [-0.2, -0.15) is 0 Å². The first-order valence-electron chi connectivity index (χ1n) is 8.02. The van der Waals surface area contributed by atoms with Crippen LogP contribution in [0.5, 0.6) is 0 Å². The Kier molecular flexibility index (Phi) is 5.54. The first-order chi connectivity index (χ1) is 11.3. The summed E-state index contributed by atoms with van der Waals surface area (Å²) in [5, 5.41) is 0. The molecule has 0 aliphatic carbocycles. The second-order valence-corrected chi connectivity index (χ2v) is 6.10. The lowest BCUT2D eigenvalue weighted by Gasteiger charge is -2.19. The molecular weight excluding hydrogens is 309 g/mol. The van der Waals surface area contributed by atoms with E-state index in [0.717, 1.165) is 0 Å². The minimum absolute atomic E-state index is 0.223. The van der Waals surface area contributed by atoms with Crippen LogP contribution in [-0.4, -0.2) is 29.9 Å². The number of ether oxygens (including phenoxy) is 1. The van der Waals surface area contributed by atoms with Crippen LogP contribution in [0.3, 0.4) is 0 Å². The van der Waals surface area contributed by atoms with Crippen LogP contribution in [-0.2, 0) is 14.3 Å². The molecule has 0 spiro atoms. The maximum absolute atomic E-state index is 13.4. The second-order valence-electron chi connectivity index (χ2n) is 6.10. The summed E-state index contributed by atoms with van der Waals surface area (Å²) in [5.74, 6) is -0.932. The van der Waals surface area contributed by atoms with Gasteiger partial charge in [0, 0.05) is 12.2 Å². The standard InChI is InChI=1S/C19H22FNO3/c1-5-24-19(23)17-13(4)21(11-12(2)3)18(22)16(17)10-14-7-6-8-15(20)9-14/h6-10,12H,5,11H2,1-4H3/b16-10-. The molecule has 1 aliphatic rings. The van der Waals surface area contributed by atoms with Crippen molar-refractivity contribution in [2.75, 3.05) is 13.2 Å². The van der Waals surface area contributed by atoms with Crippen molar-refractivity contribution in [3.63, 3.8) is 0 Å². The molecular formula is C19H22FNO3. The minimum Gasteiger partial charge on any atom is -0.462 e. The topological polar surface area (TPSA) is 46.6 Å². The fourth-order valence-corrected chi connectivity index (χ4v) is 2.68. The molecule has 5 heteroatoms. The highest BCUT2D eigenvalue weighted by Crippen LogP contribution is 2.32. The zero-order valence-corrected chi connectivity index (χ0v) is 14.4. The molecule has 4 nitrogen and oxygen atoms in total. The summed E-state index contributed by atoms with van der Waals surface area (Å²) in [4.78, 5) is 26.7. The van der Waals surface area contributed by atoms with Gasteiger partial charge in [0.25, 0.3) is 5.91 Å². The Morgan fingerprint density at radius 2 is 2.08 bits per heavy atom. The summed E-state index contributed by atoms with van der Waals surface area (Å²) in [5.41, 5.74) is 1.61. The van der Waals surface area contributed by atoms with Crippen LogP contribution in [0.1, 0.15) is 33.3 Å². The fourth-order valence-electron chi connectivity index (χ4n) is 2.68. The van der Waals surface area contributed by atoms with E-state index >= 15 is 0 Å². The number of esters is 1. The van der Waals surface area contributed by atoms with Crippen LogP contribution in [0.15, 0.2) is 41.1 Å². The molecule has 0 saturated heterocycles. The van der Waals surface area contributed by atoms with Crippen LogP contribution in [0.25, 0.3) is 6.08 Å². The average Bonchev–Trinajstić information content (AvgIpc) is 2.72. The number of carbonyl (C=O) groups is 2. The number of halogens is 1. The van der Waals surface area contributed by atoms with Crippen molar-refractivity contribution in [1.29, 1.82) is 0 Å². The third kappa shape index (κ3) is 3.72. The smallest absolute Gasteiger partial charge is 0.340 e. The molecule has 128 valence electrons. The summed E-state index contributed by atoms with van der Waals surface area (Å²) in [6.45, 7) is 8.18. The highest BCUT2D eigenvalue weighted by molar-refractivity contribution is 6.16. The van der Waals surface area contributed by atoms with Crippen molar-refractivity contribution in [2.45, 2.75) is 27.7 Å². The largest absolute Gasteiger partial charge is 0.462 e. The predicted molar refractivity (Wildman–Crippen MR) is 90.3 cm³/mol.